The summed E-state index contributed by atoms with van der Waals surface area (Å²) >= 11 is 0. The molecule has 0 aliphatic carbocycles. The van der Waals surface area contributed by atoms with Crippen molar-refractivity contribution in [2.75, 3.05) is 0 Å². The molecule has 5 heteroatoms. The summed E-state index contributed by atoms with van der Waals surface area (Å²) in [5, 5.41) is 0. The van der Waals surface area contributed by atoms with Crippen molar-refractivity contribution < 1.29 is 0 Å². The SMILES string of the molecule is Cc1nc(-c2cnccn2)nc(C)c1CN. The molecule has 0 atom stereocenters. The molecular weight excluding hydrogens is 202 g/mol. The van der Waals surface area contributed by atoms with Crippen molar-refractivity contribution in [2.45, 2.75) is 20.4 Å². The van der Waals surface area contributed by atoms with Crippen LogP contribution in [-0.4, -0.2) is 19.9 Å². The van der Waals surface area contributed by atoms with Gasteiger partial charge in [0.1, 0.15) is 5.69 Å². The van der Waals surface area contributed by atoms with Crippen molar-refractivity contribution >= 4 is 0 Å². The second-order valence-corrected chi connectivity index (χ2v) is 3.49. The Bertz CT molecular complexity index is 472. The van der Waals surface area contributed by atoms with Crippen molar-refractivity contribution in [3.05, 3.63) is 35.5 Å². The van der Waals surface area contributed by atoms with E-state index in [4.69, 9.17) is 5.73 Å². The highest BCUT2D eigenvalue weighted by molar-refractivity contribution is 5.48. The smallest absolute Gasteiger partial charge is 0.180 e. The first-order valence-electron chi connectivity index (χ1n) is 5.03. The van der Waals surface area contributed by atoms with Gasteiger partial charge in [0.05, 0.1) is 6.20 Å². The van der Waals surface area contributed by atoms with Crippen molar-refractivity contribution in [3.8, 4) is 11.5 Å². The topological polar surface area (TPSA) is 77.6 Å². The Balaban J connectivity index is 2.53. The molecule has 2 aromatic heterocycles. The number of aryl methyl sites for hydroxylation is 2. The summed E-state index contributed by atoms with van der Waals surface area (Å²) in [7, 11) is 0. The fourth-order valence-corrected chi connectivity index (χ4v) is 1.56. The van der Waals surface area contributed by atoms with Crippen LogP contribution in [0.3, 0.4) is 0 Å². The molecule has 0 unspecified atom stereocenters. The van der Waals surface area contributed by atoms with Gasteiger partial charge in [-0.1, -0.05) is 0 Å². The molecule has 2 heterocycles. The highest BCUT2D eigenvalue weighted by Crippen LogP contribution is 2.15. The Hall–Kier alpha value is -1.88. The molecule has 0 fully saturated rings. The average molecular weight is 215 g/mol. The van der Waals surface area contributed by atoms with Crippen LogP contribution in [0.4, 0.5) is 0 Å². The highest BCUT2D eigenvalue weighted by Gasteiger charge is 2.09. The molecule has 0 radical (unpaired) electrons. The summed E-state index contributed by atoms with van der Waals surface area (Å²) in [5.41, 5.74) is 9.10. The van der Waals surface area contributed by atoms with E-state index in [0.29, 0.717) is 18.1 Å². The quantitative estimate of drug-likeness (QED) is 0.808. The largest absolute Gasteiger partial charge is 0.326 e. The molecule has 2 N–H and O–H groups in total. The van der Waals surface area contributed by atoms with Gasteiger partial charge in [0.25, 0.3) is 0 Å². The van der Waals surface area contributed by atoms with Crippen LogP contribution in [0, 0.1) is 13.8 Å². The van der Waals surface area contributed by atoms with Gasteiger partial charge in [0.2, 0.25) is 0 Å². The van der Waals surface area contributed by atoms with Gasteiger partial charge in [-0.05, 0) is 13.8 Å². The Morgan fingerprint density at radius 1 is 1.12 bits per heavy atom. The zero-order valence-corrected chi connectivity index (χ0v) is 9.31. The van der Waals surface area contributed by atoms with Gasteiger partial charge in [0, 0.05) is 35.9 Å². The molecule has 0 aliphatic rings. The molecular formula is C11H13N5. The number of hydrogen-bond acceptors (Lipinski definition) is 5. The number of aromatic nitrogens is 4. The summed E-state index contributed by atoms with van der Waals surface area (Å²) in [5.74, 6) is 0.598. The average Bonchev–Trinajstić information content (AvgIpc) is 2.30. The summed E-state index contributed by atoms with van der Waals surface area (Å²) in [4.78, 5) is 16.9. The van der Waals surface area contributed by atoms with Crippen molar-refractivity contribution in [1.29, 1.82) is 0 Å². The minimum Gasteiger partial charge on any atom is -0.326 e. The fraction of sp³-hybridized carbons (Fsp3) is 0.273. The van der Waals surface area contributed by atoms with Gasteiger partial charge in [0.15, 0.2) is 5.82 Å². The second-order valence-electron chi connectivity index (χ2n) is 3.49. The lowest BCUT2D eigenvalue weighted by Crippen LogP contribution is -2.07. The fourth-order valence-electron chi connectivity index (χ4n) is 1.56. The molecule has 0 aromatic carbocycles. The van der Waals surface area contributed by atoms with Crippen molar-refractivity contribution in [2.24, 2.45) is 5.73 Å². The predicted molar refractivity (Wildman–Crippen MR) is 60.4 cm³/mol. The lowest BCUT2D eigenvalue weighted by atomic mass is 10.1. The lowest BCUT2D eigenvalue weighted by Gasteiger charge is -2.08. The number of nitrogens with two attached hydrogens (primary N) is 1. The first kappa shape index (κ1) is 10.6. The van der Waals surface area contributed by atoms with E-state index in [1.165, 1.54) is 0 Å². The van der Waals surface area contributed by atoms with Crippen LogP contribution >= 0.6 is 0 Å². The first-order chi connectivity index (χ1) is 7.72. The van der Waals surface area contributed by atoms with Crippen molar-refractivity contribution in [1.82, 2.24) is 19.9 Å². The van der Waals surface area contributed by atoms with Crippen LogP contribution in [0.1, 0.15) is 17.0 Å². The first-order valence-corrected chi connectivity index (χ1v) is 5.03. The van der Waals surface area contributed by atoms with E-state index < -0.39 is 0 Å². The van der Waals surface area contributed by atoms with E-state index in [1.807, 2.05) is 13.8 Å². The molecule has 82 valence electrons. The maximum absolute atomic E-state index is 5.63. The standard InChI is InChI=1S/C11H13N5/c1-7-9(5-12)8(2)16-11(15-7)10-6-13-3-4-14-10/h3-4,6H,5,12H2,1-2H3. The molecule has 0 amide bonds. The highest BCUT2D eigenvalue weighted by atomic mass is 14.9. The van der Waals surface area contributed by atoms with Gasteiger partial charge in [-0.2, -0.15) is 0 Å². The molecule has 2 rings (SSSR count). The predicted octanol–water partition coefficient (Wildman–Crippen LogP) is 1.01. The van der Waals surface area contributed by atoms with E-state index in [0.717, 1.165) is 17.0 Å². The second kappa shape index (κ2) is 4.32. The third-order valence-electron chi connectivity index (χ3n) is 2.42. The molecule has 16 heavy (non-hydrogen) atoms. The van der Waals surface area contributed by atoms with Gasteiger partial charge in [-0.3, -0.25) is 4.98 Å². The van der Waals surface area contributed by atoms with E-state index in [9.17, 15) is 0 Å². The summed E-state index contributed by atoms with van der Waals surface area (Å²) < 4.78 is 0. The number of rotatable bonds is 2. The van der Waals surface area contributed by atoms with Gasteiger partial charge < -0.3 is 5.73 Å². The van der Waals surface area contributed by atoms with E-state index in [1.54, 1.807) is 18.6 Å². The van der Waals surface area contributed by atoms with Crippen LogP contribution in [0.15, 0.2) is 18.6 Å². The number of hydrogen-bond donors (Lipinski definition) is 1. The maximum Gasteiger partial charge on any atom is 0.180 e. The van der Waals surface area contributed by atoms with Crippen LogP contribution in [-0.2, 0) is 6.54 Å². The molecule has 0 spiro atoms. The molecule has 0 bridgehead atoms. The Labute approximate surface area is 93.8 Å². The maximum atomic E-state index is 5.63. The summed E-state index contributed by atoms with van der Waals surface area (Å²) in [6, 6.07) is 0. The summed E-state index contributed by atoms with van der Waals surface area (Å²) in [6.07, 6.45) is 4.90. The number of nitrogens with zero attached hydrogens (tertiary/aromatic N) is 4. The molecule has 0 saturated heterocycles. The van der Waals surface area contributed by atoms with Crippen LogP contribution < -0.4 is 5.73 Å². The normalized spacial score (nSPS) is 10.4. The Morgan fingerprint density at radius 3 is 2.31 bits per heavy atom. The minimum atomic E-state index is 0.457. The monoisotopic (exact) mass is 215 g/mol. The molecule has 0 saturated carbocycles. The van der Waals surface area contributed by atoms with E-state index in [2.05, 4.69) is 19.9 Å². The van der Waals surface area contributed by atoms with Crippen LogP contribution in [0.25, 0.3) is 11.5 Å². The third-order valence-corrected chi connectivity index (χ3v) is 2.42. The molecule has 0 aliphatic heterocycles. The Morgan fingerprint density at radius 2 is 1.81 bits per heavy atom. The van der Waals surface area contributed by atoms with Gasteiger partial charge >= 0.3 is 0 Å². The van der Waals surface area contributed by atoms with Crippen LogP contribution in [0.2, 0.25) is 0 Å². The lowest BCUT2D eigenvalue weighted by molar-refractivity contribution is 0.933. The van der Waals surface area contributed by atoms with E-state index >= 15 is 0 Å². The third kappa shape index (κ3) is 1.90. The van der Waals surface area contributed by atoms with Crippen molar-refractivity contribution in [3.63, 3.8) is 0 Å². The van der Waals surface area contributed by atoms with Gasteiger partial charge in [-0.25, -0.2) is 15.0 Å². The molecule has 5 nitrogen and oxygen atoms in total. The van der Waals surface area contributed by atoms with E-state index in [-0.39, 0.29) is 0 Å². The zero-order valence-electron chi connectivity index (χ0n) is 9.31. The van der Waals surface area contributed by atoms with Crippen LogP contribution in [0.5, 0.6) is 0 Å². The summed E-state index contributed by atoms with van der Waals surface area (Å²) in [6.45, 7) is 4.31. The molecule has 2 aromatic rings. The zero-order chi connectivity index (χ0) is 11.5. The van der Waals surface area contributed by atoms with Gasteiger partial charge in [-0.15, -0.1) is 0 Å². The minimum absolute atomic E-state index is 0.457. The Kier molecular flexibility index (Phi) is 2.87.